The molecule has 3 atom stereocenters. The molecule has 1 aromatic rings. The Labute approximate surface area is 117 Å². The molecule has 2 fully saturated rings. The number of rotatable bonds is 2. The van der Waals surface area contributed by atoms with E-state index in [-0.39, 0.29) is 24.8 Å². The van der Waals surface area contributed by atoms with Crippen LogP contribution in [0.25, 0.3) is 0 Å². The summed E-state index contributed by atoms with van der Waals surface area (Å²) in [5, 5.41) is 0. The van der Waals surface area contributed by atoms with E-state index in [0.717, 1.165) is 5.56 Å². The molecule has 0 bridgehead atoms. The van der Waals surface area contributed by atoms with Gasteiger partial charge < -0.3 is 23.7 Å². The lowest BCUT2D eigenvalue weighted by Crippen LogP contribution is -2.37. The SMILES string of the molecule is C1=C(C2OCCO2)O[C@H]2COC(c3ccccc3)O[C@@H]12. The van der Waals surface area contributed by atoms with E-state index in [1.807, 2.05) is 36.4 Å². The van der Waals surface area contributed by atoms with Crippen LogP contribution in [-0.4, -0.2) is 38.3 Å². The van der Waals surface area contributed by atoms with Crippen molar-refractivity contribution in [2.75, 3.05) is 19.8 Å². The molecule has 0 aliphatic carbocycles. The molecule has 2 saturated heterocycles. The first kappa shape index (κ1) is 12.3. The Bertz CT molecular complexity index is 494. The van der Waals surface area contributed by atoms with Gasteiger partial charge in [-0.1, -0.05) is 30.3 Å². The average Bonchev–Trinajstić information content (AvgIpc) is 3.16. The highest BCUT2D eigenvalue weighted by Gasteiger charge is 2.40. The lowest BCUT2D eigenvalue weighted by atomic mass is 10.1. The summed E-state index contributed by atoms with van der Waals surface area (Å²) >= 11 is 0. The second-order valence-corrected chi connectivity index (χ2v) is 4.98. The monoisotopic (exact) mass is 276 g/mol. The summed E-state index contributed by atoms with van der Waals surface area (Å²) in [7, 11) is 0. The maximum absolute atomic E-state index is 5.95. The molecule has 3 aliphatic rings. The zero-order valence-corrected chi connectivity index (χ0v) is 10.9. The van der Waals surface area contributed by atoms with Crippen LogP contribution in [0.3, 0.4) is 0 Å². The van der Waals surface area contributed by atoms with Gasteiger partial charge in [-0.15, -0.1) is 0 Å². The summed E-state index contributed by atoms with van der Waals surface area (Å²) in [5.74, 6) is 0.704. The Hall–Kier alpha value is -1.40. The van der Waals surface area contributed by atoms with Gasteiger partial charge in [-0.05, 0) is 6.08 Å². The summed E-state index contributed by atoms with van der Waals surface area (Å²) in [6.07, 6.45) is 0.981. The summed E-state index contributed by atoms with van der Waals surface area (Å²) in [5.41, 5.74) is 1.01. The van der Waals surface area contributed by atoms with Crippen molar-refractivity contribution in [3.63, 3.8) is 0 Å². The van der Waals surface area contributed by atoms with Crippen LogP contribution in [0.5, 0.6) is 0 Å². The van der Waals surface area contributed by atoms with Crippen molar-refractivity contribution in [3.8, 4) is 0 Å². The molecule has 0 saturated carbocycles. The Balaban J connectivity index is 1.48. The van der Waals surface area contributed by atoms with Crippen molar-refractivity contribution in [2.24, 2.45) is 0 Å². The van der Waals surface area contributed by atoms with Crippen molar-refractivity contribution >= 4 is 0 Å². The molecule has 0 aromatic heterocycles. The van der Waals surface area contributed by atoms with Gasteiger partial charge in [0.2, 0.25) is 6.29 Å². The van der Waals surface area contributed by atoms with E-state index in [1.165, 1.54) is 0 Å². The normalized spacial score (nSPS) is 33.6. The predicted octanol–water partition coefficient (Wildman–Crippen LogP) is 1.76. The summed E-state index contributed by atoms with van der Waals surface area (Å²) in [4.78, 5) is 0. The van der Waals surface area contributed by atoms with E-state index in [0.29, 0.717) is 25.6 Å². The van der Waals surface area contributed by atoms with E-state index < -0.39 is 0 Å². The van der Waals surface area contributed by atoms with Crippen molar-refractivity contribution in [2.45, 2.75) is 24.8 Å². The minimum atomic E-state index is -0.389. The van der Waals surface area contributed by atoms with E-state index in [9.17, 15) is 0 Å². The summed E-state index contributed by atoms with van der Waals surface area (Å²) in [6.45, 7) is 1.70. The van der Waals surface area contributed by atoms with Gasteiger partial charge in [0, 0.05) is 5.56 Å². The fourth-order valence-electron chi connectivity index (χ4n) is 2.61. The van der Waals surface area contributed by atoms with Gasteiger partial charge in [0.15, 0.2) is 18.2 Å². The van der Waals surface area contributed by atoms with E-state index in [4.69, 9.17) is 23.7 Å². The van der Waals surface area contributed by atoms with Crippen LogP contribution in [0.4, 0.5) is 0 Å². The third-order valence-electron chi connectivity index (χ3n) is 3.60. The van der Waals surface area contributed by atoms with Gasteiger partial charge in [-0.3, -0.25) is 0 Å². The molecular weight excluding hydrogens is 260 g/mol. The van der Waals surface area contributed by atoms with Crippen LogP contribution in [0.2, 0.25) is 0 Å². The second kappa shape index (κ2) is 5.18. The van der Waals surface area contributed by atoms with E-state index >= 15 is 0 Å². The Kier molecular flexibility index (Phi) is 3.20. The molecule has 5 nitrogen and oxygen atoms in total. The average molecular weight is 276 g/mol. The third-order valence-corrected chi connectivity index (χ3v) is 3.60. The van der Waals surface area contributed by atoms with Crippen LogP contribution in [-0.2, 0) is 23.7 Å². The molecule has 1 unspecified atom stereocenters. The largest absolute Gasteiger partial charge is 0.484 e. The Morgan fingerprint density at radius 2 is 1.70 bits per heavy atom. The fourth-order valence-corrected chi connectivity index (χ4v) is 2.61. The van der Waals surface area contributed by atoms with Crippen molar-refractivity contribution in [3.05, 3.63) is 47.7 Å². The molecular formula is C15H16O5. The number of fused-ring (bicyclic) bond motifs is 1. The van der Waals surface area contributed by atoms with Crippen molar-refractivity contribution in [1.82, 2.24) is 0 Å². The van der Waals surface area contributed by atoms with Crippen LogP contribution >= 0.6 is 0 Å². The van der Waals surface area contributed by atoms with Gasteiger partial charge in [0.1, 0.15) is 6.10 Å². The minimum Gasteiger partial charge on any atom is -0.484 e. The number of hydrogen-bond donors (Lipinski definition) is 0. The predicted molar refractivity (Wildman–Crippen MR) is 68.7 cm³/mol. The highest BCUT2D eigenvalue weighted by Crippen LogP contribution is 2.34. The lowest BCUT2D eigenvalue weighted by molar-refractivity contribution is -0.240. The number of benzene rings is 1. The molecule has 106 valence electrons. The topological polar surface area (TPSA) is 46.2 Å². The molecule has 0 N–H and O–H groups in total. The first-order valence-electron chi connectivity index (χ1n) is 6.84. The quantitative estimate of drug-likeness (QED) is 0.823. The second-order valence-electron chi connectivity index (χ2n) is 4.98. The van der Waals surface area contributed by atoms with Gasteiger partial charge in [0.05, 0.1) is 19.8 Å². The maximum Gasteiger partial charge on any atom is 0.216 e. The standard InChI is InChI=1S/C15H16O5/c1-2-4-10(5-3-1)14-18-9-13-11(20-14)8-12(19-13)15-16-6-7-17-15/h1-5,8,11,13-15H,6-7,9H2/t11-,13-,14?/m0/s1. The number of hydrogen-bond acceptors (Lipinski definition) is 5. The maximum atomic E-state index is 5.95. The van der Waals surface area contributed by atoms with Gasteiger partial charge >= 0.3 is 0 Å². The molecule has 5 heteroatoms. The van der Waals surface area contributed by atoms with Gasteiger partial charge in [-0.25, -0.2) is 0 Å². The molecule has 4 rings (SSSR count). The molecule has 0 spiro atoms. The highest BCUT2D eigenvalue weighted by molar-refractivity contribution is 5.18. The molecule has 0 amide bonds. The van der Waals surface area contributed by atoms with Gasteiger partial charge in [0.25, 0.3) is 0 Å². The molecule has 1 aromatic carbocycles. The molecule has 3 aliphatic heterocycles. The molecule has 0 radical (unpaired) electrons. The van der Waals surface area contributed by atoms with Crippen LogP contribution in [0, 0.1) is 0 Å². The van der Waals surface area contributed by atoms with Crippen LogP contribution < -0.4 is 0 Å². The highest BCUT2D eigenvalue weighted by atomic mass is 16.7. The first-order chi connectivity index (χ1) is 9.90. The van der Waals surface area contributed by atoms with Crippen molar-refractivity contribution < 1.29 is 23.7 Å². The zero-order valence-electron chi connectivity index (χ0n) is 10.9. The molecule has 3 heterocycles. The van der Waals surface area contributed by atoms with Crippen LogP contribution in [0.15, 0.2) is 42.2 Å². The smallest absolute Gasteiger partial charge is 0.216 e. The minimum absolute atomic E-state index is 0.113. The lowest BCUT2D eigenvalue weighted by Gasteiger charge is -2.31. The van der Waals surface area contributed by atoms with Crippen molar-refractivity contribution in [1.29, 1.82) is 0 Å². The number of ether oxygens (including phenoxy) is 5. The third kappa shape index (κ3) is 2.23. The molecule has 20 heavy (non-hydrogen) atoms. The van der Waals surface area contributed by atoms with Crippen LogP contribution in [0.1, 0.15) is 11.9 Å². The summed E-state index contributed by atoms with van der Waals surface area (Å²) < 4.78 is 28.4. The Morgan fingerprint density at radius 3 is 2.50 bits per heavy atom. The zero-order chi connectivity index (χ0) is 13.4. The van der Waals surface area contributed by atoms with E-state index in [2.05, 4.69) is 0 Å². The first-order valence-corrected chi connectivity index (χ1v) is 6.84. The van der Waals surface area contributed by atoms with Gasteiger partial charge in [-0.2, -0.15) is 0 Å². The van der Waals surface area contributed by atoms with E-state index in [1.54, 1.807) is 0 Å². The Morgan fingerprint density at radius 1 is 0.900 bits per heavy atom. The fraction of sp³-hybridized carbons (Fsp3) is 0.467. The summed E-state index contributed by atoms with van der Waals surface area (Å²) in [6, 6.07) is 9.91.